The lowest BCUT2D eigenvalue weighted by Gasteiger charge is -2.25. The summed E-state index contributed by atoms with van der Waals surface area (Å²) in [5.41, 5.74) is 30.6. The number of hydrogen-bond donors (Lipinski definition) is 0. The van der Waals surface area contributed by atoms with Crippen LogP contribution in [0.4, 0.5) is 17.1 Å². The summed E-state index contributed by atoms with van der Waals surface area (Å²) in [5.74, 6) is 0. The zero-order valence-electron chi connectivity index (χ0n) is 61.2. The molecule has 0 bridgehead atoms. The van der Waals surface area contributed by atoms with Crippen LogP contribution in [0.2, 0.25) is 0 Å². The molecule has 0 spiro atoms. The first-order valence-electron chi connectivity index (χ1n) is 38.3. The molecule has 5 heterocycles. The molecule has 5 aromatic heterocycles. The molecule has 0 aliphatic heterocycles. The van der Waals surface area contributed by atoms with Crippen LogP contribution in [0, 0.1) is 0 Å². The van der Waals surface area contributed by atoms with E-state index in [1.807, 2.05) is 11.3 Å². The van der Waals surface area contributed by atoms with E-state index < -0.39 is 0 Å². The highest BCUT2D eigenvalue weighted by atomic mass is 32.1. The number of aromatic nitrogens is 4. The predicted molar refractivity (Wildman–Crippen MR) is 472 cm³/mol. The van der Waals surface area contributed by atoms with Crippen LogP contribution < -0.4 is 4.90 Å². The summed E-state index contributed by atoms with van der Waals surface area (Å²) in [4.78, 5) is 2.31. The molecule has 6 heteroatoms. The van der Waals surface area contributed by atoms with Crippen molar-refractivity contribution in [3.05, 3.63) is 405 Å². The minimum Gasteiger partial charge on any atom is -0.311 e. The molecule has 0 amide bonds. The van der Waals surface area contributed by atoms with E-state index in [2.05, 4.69) is 431 Å². The normalized spacial score (nSPS) is 12.5. The van der Waals surface area contributed by atoms with Gasteiger partial charge in [-0.25, -0.2) is 0 Å². The first-order valence-corrected chi connectivity index (χ1v) is 39.1. The average molecular weight is 1430 g/mol. The minimum absolute atomic E-state index is 0.108. The molecule has 1 aliphatic rings. The number of rotatable bonds is 10. The molecule has 111 heavy (non-hydrogen) atoms. The quantitative estimate of drug-likeness (QED) is 0.134. The maximum absolute atomic E-state index is 2.51. The Labute approximate surface area is 646 Å². The first kappa shape index (κ1) is 64.2. The van der Waals surface area contributed by atoms with Gasteiger partial charge in [-0.05, 0) is 195 Å². The molecule has 23 rings (SSSR count). The molecule has 0 atom stereocenters. The van der Waals surface area contributed by atoms with Gasteiger partial charge in [0.2, 0.25) is 0 Å². The van der Waals surface area contributed by atoms with Gasteiger partial charge in [-0.2, -0.15) is 0 Å². The van der Waals surface area contributed by atoms with Gasteiger partial charge in [-0.3, -0.25) is 0 Å². The standard InChI is InChI=1S/C54H35N3S.C51H36N2/c1-4-14-38(15-5-1)55(39-16-6-2-7-17-39)41-27-24-36(25-28-41)37-26-32-51-47(34-37)45-30-31-46-44-21-11-13-23-52(44)58-54(46)53(45)57(51)42-29-33-50-48(35-42)43-20-10-12-22-49(43)56(50)40-18-8-3-9-19-40;1-51(2)45-17-9-6-14-39(45)42-29-30-43-40-15-7-11-19-47(40)53(50(43)49(42)51)38-27-24-34(25-28-38)33-20-22-35(23-21-33)36-26-31-48-44(32-36)41-16-8-10-18-46(41)52(48)37-12-4-3-5-13-37/h1-35H;3-32H,1-2H3. The van der Waals surface area contributed by atoms with Crippen molar-refractivity contribution in [3.63, 3.8) is 0 Å². The Balaban J connectivity index is 0.000000137. The van der Waals surface area contributed by atoms with E-state index in [0.717, 1.165) is 22.7 Å². The second-order valence-corrected chi connectivity index (χ2v) is 31.0. The monoisotopic (exact) mass is 1430 g/mol. The van der Waals surface area contributed by atoms with Crippen LogP contribution in [-0.2, 0) is 5.41 Å². The molecule has 1 aliphatic carbocycles. The highest BCUT2D eigenvalue weighted by Gasteiger charge is 2.38. The predicted octanol–water partition coefficient (Wildman–Crippen LogP) is 28.9. The van der Waals surface area contributed by atoms with Crippen LogP contribution in [0.1, 0.15) is 25.0 Å². The Morgan fingerprint density at radius 3 is 1.20 bits per heavy atom. The summed E-state index contributed by atoms with van der Waals surface area (Å²) in [6.45, 7) is 4.76. The number of para-hydroxylation sites is 7. The largest absolute Gasteiger partial charge is 0.311 e. The van der Waals surface area contributed by atoms with Crippen LogP contribution in [0.15, 0.2) is 394 Å². The van der Waals surface area contributed by atoms with Crippen molar-refractivity contribution >= 4 is 136 Å². The molecule has 522 valence electrons. The molecule has 0 unspecified atom stereocenters. The van der Waals surface area contributed by atoms with Crippen LogP contribution in [0.3, 0.4) is 0 Å². The molecular formula is C105H71N5S. The van der Waals surface area contributed by atoms with Gasteiger partial charge in [-0.15, -0.1) is 11.3 Å². The first-order chi connectivity index (χ1) is 54.8. The fraction of sp³-hybridized carbons (Fsp3) is 0.0286. The molecule has 0 radical (unpaired) electrons. The van der Waals surface area contributed by atoms with Gasteiger partial charge in [0, 0.05) is 104 Å². The van der Waals surface area contributed by atoms with Crippen LogP contribution in [0.25, 0.3) is 175 Å². The van der Waals surface area contributed by atoms with Crippen molar-refractivity contribution in [2.24, 2.45) is 0 Å². The molecule has 0 saturated carbocycles. The number of fused-ring (bicyclic) bond motifs is 20. The van der Waals surface area contributed by atoms with Gasteiger partial charge in [0.1, 0.15) is 0 Å². The number of hydrogen-bond acceptors (Lipinski definition) is 2. The topological polar surface area (TPSA) is 23.0 Å². The van der Waals surface area contributed by atoms with Crippen molar-refractivity contribution in [3.8, 4) is 67.3 Å². The zero-order valence-corrected chi connectivity index (χ0v) is 62.0. The van der Waals surface area contributed by atoms with E-state index in [1.165, 1.54) is 180 Å². The second kappa shape index (κ2) is 25.6. The smallest absolute Gasteiger partial charge is 0.0719 e. The maximum Gasteiger partial charge on any atom is 0.0719 e. The Morgan fingerprint density at radius 2 is 0.604 bits per heavy atom. The van der Waals surface area contributed by atoms with E-state index in [1.54, 1.807) is 0 Å². The van der Waals surface area contributed by atoms with Crippen molar-refractivity contribution in [2.45, 2.75) is 19.3 Å². The highest BCUT2D eigenvalue weighted by molar-refractivity contribution is 7.26. The second-order valence-electron chi connectivity index (χ2n) is 29.9. The van der Waals surface area contributed by atoms with Gasteiger partial charge >= 0.3 is 0 Å². The minimum atomic E-state index is -0.108. The summed E-state index contributed by atoms with van der Waals surface area (Å²) in [5, 5.41) is 12.8. The lowest BCUT2D eigenvalue weighted by Crippen LogP contribution is -2.16. The third-order valence-electron chi connectivity index (χ3n) is 23.4. The van der Waals surface area contributed by atoms with Gasteiger partial charge in [-0.1, -0.05) is 269 Å². The summed E-state index contributed by atoms with van der Waals surface area (Å²) < 4.78 is 12.4. The molecule has 0 fully saturated rings. The third-order valence-corrected chi connectivity index (χ3v) is 24.6. The van der Waals surface area contributed by atoms with Gasteiger partial charge in [0.25, 0.3) is 0 Å². The summed E-state index contributed by atoms with van der Waals surface area (Å²) in [6, 6.07) is 144. The van der Waals surface area contributed by atoms with Gasteiger partial charge < -0.3 is 23.2 Å². The van der Waals surface area contributed by atoms with Crippen LogP contribution >= 0.6 is 11.3 Å². The van der Waals surface area contributed by atoms with Crippen LogP contribution in [-0.4, -0.2) is 18.3 Å². The third kappa shape index (κ3) is 10.2. The zero-order chi connectivity index (χ0) is 73.4. The Morgan fingerprint density at radius 1 is 0.234 bits per heavy atom. The van der Waals surface area contributed by atoms with E-state index in [4.69, 9.17) is 0 Å². The van der Waals surface area contributed by atoms with E-state index >= 15 is 0 Å². The molecule has 5 nitrogen and oxygen atoms in total. The summed E-state index contributed by atoms with van der Waals surface area (Å²) in [7, 11) is 0. The molecule has 0 N–H and O–H groups in total. The lowest BCUT2D eigenvalue weighted by atomic mass is 9.81. The Bertz CT molecular complexity index is 7390. The fourth-order valence-electron chi connectivity index (χ4n) is 18.3. The number of anilines is 3. The number of thiophene rings is 1. The molecular weight excluding hydrogens is 1360 g/mol. The van der Waals surface area contributed by atoms with Crippen molar-refractivity contribution in [1.29, 1.82) is 0 Å². The average Bonchev–Trinajstić information content (AvgIpc) is 1.54. The summed E-state index contributed by atoms with van der Waals surface area (Å²) >= 11 is 1.89. The van der Waals surface area contributed by atoms with Crippen LogP contribution in [0.5, 0.6) is 0 Å². The van der Waals surface area contributed by atoms with Crippen molar-refractivity contribution in [1.82, 2.24) is 18.3 Å². The van der Waals surface area contributed by atoms with E-state index in [9.17, 15) is 0 Å². The summed E-state index contributed by atoms with van der Waals surface area (Å²) in [6.07, 6.45) is 0. The van der Waals surface area contributed by atoms with E-state index in [0.29, 0.717) is 0 Å². The van der Waals surface area contributed by atoms with Gasteiger partial charge in [0.05, 0.1) is 48.8 Å². The molecule has 17 aromatic carbocycles. The number of nitrogens with zero attached hydrogens (tertiary/aromatic N) is 5. The SMILES string of the molecule is CC1(C)c2ccccc2-c2ccc3c4ccccc4n(-c4ccc(-c5ccc(-c6ccc7c(c6)c6ccccc6n7-c6ccccc6)cc5)cc4)c3c21.c1ccc(N(c2ccccc2)c2ccc(-c3ccc4c(c3)c3ccc5c6ccccc6sc5c3n4-c3ccc4c(c3)c3ccccc3n4-c3ccccc3)cc2)cc1. The van der Waals surface area contributed by atoms with Crippen molar-refractivity contribution < 1.29 is 0 Å². The Kier molecular flexibility index (Phi) is 14.8. The highest BCUT2D eigenvalue weighted by Crippen LogP contribution is 2.54. The fourth-order valence-corrected chi connectivity index (χ4v) is 19.6. The molecule has 0 saturated heterocycles. The van der Waals surface area contributed by atoms with Gasteiger partial charge in [0.15, 0.2) is 0 Å². The number of benzene rings is 17. The van der Waals surface area contributed by atoms with E-state index in [-0.39, 0.29) is 5.41 Å². The Hall–Kier alpha value is -14.0. The van der Waals surface area contributed by atoms with Crippen molar-refractivity contribution in [2.75, 3.05) is 4.90 Å². The molecule has 22 aromatic rings. The maximum atomic E-state index is 2.51. The lowest BCUT2D eigenvalue weighted by molar-refractivity contribution is 0.664.